The van der Waals surface area contributed by atoms with Crippen LogP contribution in [-0.4, -0.2) is 48.6 Å². The molecule has 0 spiro atoms. The van der Waals surface area contributed by atoms with Gasteiger partial charge in [0.2, 0.25) is 0 Å². The molecule has 0 aliphatic carbocycles. The van der Waals surface area contributed by atoms with E-state index in [-0.39, 0.29) is 22.3 Å². The SMILES string of the molecule is O=C(NCC(c1cccs1)N1CCOCC1)c1ccc(Cl)cc1[N+](=O)[O-]. The first-order valence-corrected chi connectivity index (χ1v) is 9.39. The molecule has 1 atom stereocenters. The molecule has 138 valence electrons. The predicted molar refractivity (Wildman–Crippen MR) is 99.9 cm³/mol. The van der Waals surface area contributed by atoms with Crippen molar-refractivity contribution in [2.75, 3.05) is 32.8 Å². The third-order valence-electron chi connectivity index (χ3n) is 4.22. The molecule has 1 saturated heterocycles. The van der Waals surface area contributed by atoms with E-state index in [1.54, 1.807) is 11.3 Å². The standard InChI is InChI=1S/C17H18ClN3O4S/c18-12-3-4-13(14(10-12)21(23)24)17(22)19-11-15(16-2-1-9-26-16)20-5-7-25-8-6-20/h1-4,9-10,15H,5-8,11H2,(H,19,22). The minimum absolute atomic E-state index is 0.00584. The Labute approximate surface area is 159 Å². The van der Waals surface area contributed by atoms with E-state index in [0.717, 1.165) is 18.0 Å². The summed E-state index contributed by atoms with van der Waals surface area (Å²) in [6, 6.07) is 8.05. The van der Waals surface area contributed by atoms with Gasteiger partial charge in [0.1, 0.15) is 5.56 Å². The lowest BCUT2D eigenvalue weighted by atomic mass is 10.1. The number of hydrogen-bond donors (Lipinski definition) is 1. The van der Waals surface area contributed by atoms with Crippen molar-refractivity contribution in [3.63, 3.8) is 0 Å². The van der Waals surface area contributed by atoms with Gasteiger partial charge in [-0.15, -0.1) is 11.3 Å². The molecule has 26 heavy (non-hydrogen) atoms. The lowest BCUT2D eigenvalue weighted by molar-refractivity contribution is -0.385. The van der Waals surface area contributed by atoms with Gasteiger partial charge in [-0.3, -0.25) is 19.8 Å². The highest BCUT2D eigenvalue weighted by molar-refractivity contribution is 7.10. The molecule has 1 aromatic heterocycles. The summed E-state index contributed by atoms with van der Waals surface area (Å²) in [6.07, 6.45) is 0. The average Bonchev–Trinajstić information content (AvgIpc) is 3.17. The van der Waals surface area contributed by atoms with Crippen molar-refractivity contribution in [2.24, 2.45) is 0 Å². The minimum Gasteiger partial charge on any atom is -0.379 e. The lowest BCUT2D eigenvalue weighted by Gasteiger charge is -2.34. The molecule has 1 amide bonds. The zero-order valence-electron chi connectivity index (χ0n) is 13.9. The smallest absolute Gasteiger partial charge is 0.283 e. The Morgan fingerprint density at radius 1 is 1.38 bits per heavy atom. The normalized spacial score (nSPS) is 16.2. The first kappa shape index (κ1) is 18.8. The molecule has 1 N–H and O–H groups in total. The van der Waals surface area contributed by atoms with E-state index in [0.29, 0.717) is 19.8 Å². The number of nitro benzene ring substituents is 1. The van der Waals surface area contributed by atoms with Gasteiger partial charge in [0.05, 0.1) is 24.2 Å². The van der Waals surface area contributed by atoms with E-state index in [1.807, 2.05) is 17.5 Å². The molecule has 1 aliphatic heterocycles. The topological polar surface area (TPSA) is 84.7 Å². The van der Waals surface area contributed by atoms with Crippen molar-refractivity contribution < 1.29 is 14.5 Å². The molecule has 0 bridgehead atoms. The van der Waals surface area contributed by atoms with Crippen LogP contribution in [0.1, 0.15) is 21.3 Å². The van der Waals surface area contributed by atoms with E-state index >= 15 is 0 Å². The van der Waals surface area contributed by atoms with Crippen LogP contribution in [0.15, 0.2) is 35.7 Å². The third kappa shape index (κ3) is 4.39. The van der Waals surface area contributed by atoms with Crippen LogP contribution >= 0.6 is 22.9 Å². The summed E-state index contributed by atoms with van der Waals surface area (Å²) in [5.74, 6) is -0.483. The number of benzene rings is 1. The molecule has 1 fully saturated rings. The Hall–Kier alpha value is -2.00. The quantitative estimate of drug-likeness (QED) is 0.600. The number of morpholine rings is 1. The Morgan fingerprint density at radius 2 is 2.15 bits per heavy atom. The molecular formula is C17H18ClN3O4S. The fraction of sp³-hybridized carbons (Fsp3) is 0.353. The Kier molecular flexibility index (Phi) is 6.20. The molecule has 0 radical (unpaired) electrons. The van der Waals surface area contributed by atoms with Crippen molar-refractivity contribution in [3.8, 4) is 0 Å². The van der Waals surface area contributed by atoms with Gasteiger partial charge >= 0.3 is 0 Å². The molecule has 2 heterocycles. The molecule has 9 heteroatoms. The summed E-state index contributed by atoms with van der Waals surface area (Å²) >= 11 is 7.43. The molecular weight excluding hydrogens is 378 g/mol. The maximum atomic E-state index is 12.5. The van der Waals surface area contributed by atoms with Gasteiger partial charge in [-0.2, -0.15) is 0 Å². The molecule has 1 aliphatic rings. The average molecular weight is 396 g/mol. The first-order chi connectivity index (χ1) is 12.6. The second-order valence-electron chi connectivity index (χ2n) is 5.81. The maximum absolute atomic E-state index is 12.5. The van der Waals surface area contributed by atoms with Crippen LogP contribution in [0.4, 0.5) is 5.69 Å². The van der Waals surface area contributed by atoms with Crippen LogP contribution in [0.2, 0.25) is 5.02 Å². The highest BCUT2D eigenvalue weighted by Crippen LogP contribution is 2.26. The number of rotatable bonds is 6. The maximum Gasteiger partial charge on any atom is 0.283 e. The number of hydrogen-bond acceptors (Lipinski definition) is 6. The number of nitrogens with zero attached hydrogens (tertiary/aromatic N) is 2. The summed E-state index contributed by atoms with van der Waals surface area (Å²) in [5.41, 5.74) is -0.291. The fourth-order valence-electron chi connectivity index (χ4n) is 2.91. The van der Waals surface area contributed by atoms with Crippen molar-refractivity contribution in [3.05, 3.63) is 61.3 Å². The van der Waals surface area contributed by atoms with E-state index in [1.165, 1.54) is 18.2 Å². The van der Waals surface area contributed by atoms with Gasteiger partial charge in [0.25, 0.3) is 11.6 Å². The number of carbonyl (C=O) groups is 1. The summed E-state index contributed by atoms with van der Waals surface area (Å²) in [5, 5.41) is 16.2. The number of amides is 1. The monoisotopic (exact) mass is 395 g/mol. The van der Waals surface area contributed by atoms with E-state index in [2.05, 4.69) is 10.2 Å². The van der Waals surface area contributed by atoms with Crippen molar-refractivity contribution >= 4 is 34.5 Å². The highest BCUT2D eigenvalue weighted by atomic mass is 35.5. The second kappa shape index (κ2) is 8.59. The minimum atomic E-state index is -0.598. The van der Waals surface area contributed by atoms with Crippen LogP contribution in [0.3, 0.4) is 0 Å². The fourth-order valence-corrected chi connectivity index (χ4v) is 3.94. The molecule has 7 nitrogen and oxygen atoms in total. The number of halogens is 1. The molecule has 0 saturated carbocycles. The second-order valence-corrected chi connectivity index (χ2v) is 7.22. The van der Waals surface area contributed by atoms with Crippen LogP contribution < -0.4 is 5.32 Å². The van der Waals surface area contributed by atoms with Crippen molar-refractivity contribution in [1.82, 2.24) is 10.2 Å². The number of ether oxygens (including phenoxy) is 1. The van der Waals surface area contributed by atoms with E-state index < -0.39 is 10.8 Å². The Morgan fingerprint density at radius 3 is 2.81 bits per heavy atom. The number of thiophene rings is 1. The van der Waals surface area contributed by atoms with E-state index in [4.69, 9.17) is 16.3 Å². The van der Waals surface area contributed by atoms with Crippen molar-refractivity contribution in [1.29, 1.82) is 0 Å². The summed E-state index contributed by atoms with van der Waals surface area (Å²) in [7, 11) is 0. The summed E-state index contributed by atoms with van der Waals surface area (Å²) in [4.78, 5) is 26.5. The largest absolute Gasteiger partial charge is 0.379 e. The zero-order chi connectivity index (χ0) is 18.5. The van der Waals surface area contributed by atoms with Crippen LogP contribution in [0.25, 0.3) is 0 Å². The van der Waals surface area contributed by atoms with Gasteiger partial charge in [-0.1, -0.05) is 17.7 Å². The molecule has 2 aromatic rings. The summed E-state index contributed by atoms with van der Waals surface area (Å²) < 4.78 is 5.40. The first-order valence-electron chi connectivity index (χ1n) is 8.13. The van der Waals surface area contributed by atoms with Gasteiger partial charge in [0.15, 0.2) is 0 Å². The van der Waals surface area contributed by atoms with Crippen molar-refractivity contribution in [2.45, 2.75) is 6.04 Å². The number of nitrogens with one attached hydrogen (secondary N) is 1. The Balaban J connectivity index is 1.75. The van der Waals surface area contributed by atoms with Gasteiger partial charge < -0.3 is 10.1 Å². The van der Waals surface area contributed by atoms with Crippen LogP contribution in [0, 0.1) is 10.1 Å². The zero-order valence-corrected chi connectivity index (χ0v) is 15.5. The predicted octanol–water partition coefficient (Wildman–Crippen LogP) is 3.11. The highest BCUT2D eigenvalue weighted by Gasteiger charge is 2.26. The molecule has 1 aromatic carbocycles. The van der Waals surface area contributed by atoms with Crippen LogP contribution in [-0.2, 0) is 4.74 Å². The lowest BCUT2D eigenvalue weighted by Crippen LogP contribution is -2.43. The number of carbonyl (C=O) groups excluding carboxylic acids is 1. The van der Waals surface area contributed by atoms with Gasteiger partial charge in [-0.25, -0.2) is 0 Å². The summed E-state index contributed by atoms with van der Waals surface area (Å²) in [6.45, 7) is 3.22. The van der Waals surface area contributed by atoms with Gasteiger partial charge in [0, 0.05) is 35.6 Å². The van der Waals surface area contributed by atoms with E-state index in [9.17, 15) is 14.9 Å². The molecule has 3 rings (SSSR count). The van der Waals surface area contributed by atoms with Gasteiger partial charge in [-0.05, 0) is 23.6 Å². The van der Waals surface area contributed by atoms with Crippen LogP contribution in [0.5, 0.6) is 0 Å². The molecule has 1 unspecified atom stereocenters. The Bertz CT molecular complexity index is 778. The third-order valence-corrected chi connectivity index (χ3v) is 5.42. The number of nitro groups is 1.